The van der Waals surface area contributed by atoms with Gasteiger partial charge in [-0.05, 0) is 42.5 Å². The highest BCUT2D eigenvalue weighted by atomic mass is 32.2. The van der Waals surface area contributed by atoms with E-state index in [-0.39, 0.29) is 16.2 Å². The molecular weight excluding hydrogens is 396 g/mol. The van der Waals surface area contributed by atoms with Gasteiger partial charge in [0.15, 0.2) is 0 Å². The van der Waals surface area contributed by atoms with Crippen LogP contribution < -0.4 is 10.1 Å². The first-order valence-corrected chi connectivity index (χ1v) is 10.4. The van der Waals surface area contributed by atoms with Crippen LogP contribution >= 0.6 is 0 Å². The van der Waals surface area contributed by atoms with Crippen molar-refractivity contribution in [1.29, 1.82) is 0 Å². The van der Waals surface area contributed by atoms with E-state index in [2.05, 4.69) is 10.1 Å². The molecular formula is C20H24N2O6S. The van der Waals surface area contributed by atoms with Gasteiger partial charge in [-0.15, -0.1) is 0 Å². The Morgan fingerprint density at radius 1 is 0.966 bits per heavy atom. The Bertz CT molecular complexity index is 983. The van der Waals surface area contributed by atoms with Crippen LogP contribution in [-0.4, -0.2) is 51.9 Å². The van der Waals surface area contributed by atoms with E-state index >= 15 is 0 Å². The third-order valence-corrected chi connectivity index (χ3v) is 6.38. The van der Waals surface area contributed by atoms with Gasteiger partial charge in [-0.3, -0.25) is 4.79 Å². The number of nitrogens with one attached hydrogen (secondary N) is 1. The fourth-order valence-corrected chi connectivity index (χ4v) is 4.37. The molecule has 156 valence electrons. The molecule has 0 spiro atoms. The second-order valence-corrected chi connectivity index (χ2v) is 7.88. The lowest BCUT2D eigenvalue weighted by molar-refractivity contribution is 0.0600. The molecule has 2 aromatic rings. The molecule has 2 aromatic carbocycles. The van der Waals surface area contributed by atoms with Gasteiger partial charge in [0.1, 0.15) is 10.6 Å². The highest BCUT2D eigenvalue weighted by Gasteiger charge is 2.26. The molecule has 0 heterocycles. The van der Waals surface area contributed by atoms with E-state index in [4.69, 9.17) is 4.74 Å². The molecule has 9 heteroatoms. The number of nitrogens with zero attached hydrogens (tertiary/aromatic N) is 1. The van der Waals surface area contributed by atoms with Crippen LogP contribution in [0.2, 0.25) is 0 Å². The van der Waals surface area contributed by atoms with E-state index in [1.54, 1.807) is 26.0 Å². The van der Waals surface area contributed by atoms with Crippen LogP contribution in [0.5, 0.6) is 5.75 Å². The van der Waals surface area contributed by atoms with Crippen molar-refractivity contribution in [3.8, 4) is 5.75 Å². The minimum absolute atomic E-state index is 0.0719. The van der Waals surface area contributed by atoms with Crippen molar-refractivity contribution in [2.24, 2.45) is 0 Å². The van der Waals surface area contributed by atoms with Crippen molar-refractivity contribution in [3.63, 3.8) is 0 Å². The zero-order chi connectivity index (χ0) is 21.6. The van der Waals surface area contributed by atoms with E-state index in [0.717, 1.165) is 0 Å². The molecule has 0 bridgehead atoms. The molecule has 0 saturated carbocycles. The molecule has 1 amide bonds. The molecule has 8 nitrogen and oxygen atoms in total. The van der Waals surface area contributed by atoms with E-state index in [9.17, 15) is 18.0 Å². The van der Waals surface area contributed by atoms with Crippen molar-refractivity contribution < 1.29 is 27.5 Å². The van der Waals surface area contributed by atoms with Gasteiger partial charge < -0.3 is 14.8 Å². The third kappa shape index (κ3) is 4.93. The number of hydrogen-bond donors (Lipinski definition) is 1. The van der Waals surface area contributed by atoms with E-state index in [1.807, 2.05) is 0 Å². The molecule has 1 N–H and O–H groups in total. The number of ether oxygens (including phenoxy) is 2. The summed E-state index contributed by atoms with van der Waals surface area (Å²) in [5.41, 5.74) is 0.961. The summed E-state index contributed by atoms with van der Waals surface area (Å²) in [4.78, 5) is 24.0. The molecule has 0 aliphatic heterocycles. The lowest BCUT2D eigenvalue weighted by Gasteiger charge is -2.20. The van der Waals surface area contributed by atoms with Crippen molar-refractivity contribution in [1.82, 2.24) is 4.31 Å². The first-order valence-electron chi connectivity index (χ1n) is 8.96. The van der Waals surface area contributed by atoms with Gasteiger partial charge in [0.05, 0.1) is 19.8 Å². The molecule has 0 radical (unpaired) electrons. The molecule has 0 aromatic heterocycles. The van der Waals surface area contributed by atoms with Gasteiger partial charge in [-0.2, -0.15) is 4.31 Å². The molecule has 0 fully saturated rings. The first kappa shape index (κ1) is 22.4. The number of rotatable bonds is 8. The molecule has 0 atom stereocenters. The van der Waals surface area contributed by atoms with Crippen LogP contribution in [0.3, 0.4) is 0 Å². The van der Waals surface area contributed by atoms with E-state index in [0.29, 0.717) is 24.3 Å². The van der Waals surface area contributed by atoms with Crippen LogP contribution in [-0.2, 0) is 14.8 Å². The Hall–Kier alpha value is -2.91. The Morgan fingerprint density at radius 2 is 1.55 bits per heavy atom. The summed E-state index contributed by atoms with van der Waals surface area (Å²) >= 11 is 0. The van der Waals surface area contributed by atoms with Gasteiger partial charge in [0.2, 0.25) is 10.0 Å². The Morgan fingerprint density at radius 3 is 2.07 bits per heavy atom. The average Bonchev–Trinajstić information content (AvgIpc) is 2.73. The molecule has 0 aliphatic rings. The average molecular weight is 420 g/mol. The number of hydrogen-bond acceptors (Lipinski definition) is 6. The smallest absolute Gasteiger partial charge is 0.337 e. The van der Waals surface area contributed by atoms with E-state index in [1.165, 1.54) is 48.9 Å². The highest BCUT2D eigenvalue weighted by Crippen LogP contribution is 2.28. The van der Waals surface area contributed by atoms with Gasteiger partial charge in [0, 0.05) is 24.3 Å². The maximum Gasteiger partial charge on any atom is 0.337 e. The van der Waals surface area contributed by atoms with Crippen LogP contribution in [0, 0.1) is 0 Å². The minimum atomic E-state index is -3.81. The second kappa shape index (κ2) is 9.53. The number of methoxy groups -OCH3 is 2. The number of anilines is 1. The van der Waals surface area contributed by atoms with E-state index < -0.39 is 21.9 Å². The fourth-order valence-electron chi connectivity index (χ4n) is 2.73. The normalized spacial score (nSPS) is 11.2. The quantitative estimate of drug-likeness (QED) is 0.659. The number of carbonyl (C=O) groups excluding carboxylic acids is 2. The van der Waals surface area contributed by atoms with Gasteiger partial charge in [-0.25, -0.2) is 13.2 Å². The van der Waals surface area contributed by atoms with Gasteiger partial charge >= 0.3 is 5.97 Å². The number of esters is 1. The van der Waals surface area contributed by atoms with Crippen molar-refractivity contribution in [2.45, 2.75) is 18.7 Å². The summed E-state index contributed by atoms with van der Waals surface area (Å²) in [6.07, 6.45) is 0. The predicted octanol–water partition coefficient (Wildman–Crippen LogP) is 2.76. The summed E-state index contributed by atoms with van der Waals surface area (Å²) in [6.45, 7) is 4.07. The Labute approximate surface area is 170 Å². The van der Waals surface area contributed by atoms with Crippen molar-refractivity contribution in [2.75, 3.05) is 32.6 Å². The summed E-state index contributed by atoms with van der Waals surface area (Å²) in [5, 5.41) is 2.68. The zero-order valence-corrected chi connectivity index (χ0v) is 17.6. The van der Waals surface area contributed by atoms with Crippen molar-refractivity contribution >= 4 is 27.6 Å². The monoisotopic (exact) mass is 420 g/mol. The lowest BCUT2D eigenvalue weighted by Crippen LogP contribution is -2.31. The molecule has 0 aliphatic carbocycles. The van der Waals surface area contributed by atoms with Crippen LogP contribution in [0.25, 0.3) is 0 Å². The van der Waals surface area contributed by atoms with Gasteiger partial charge in [0.25, 0.3) is 5.91 Å². The highest BCUT2D eigenvalue weighted by molar-refractivity contribution is 7.89. The van der Waals surface area contributed by atoms with Crippen LogP contribution in [0.1, 0.15) is 34.6 Å². The maximum absolute atomic E-state index is 12.9. The second-order valence-electron chi connectivity index (χ2n) is 5.98. The molecule has 29 heavy (non-hydrogen) atoms. The Balaban J connectivity index is 2.33. The summed E-state index contributed by atoms with van der Waals surface area (Å²) in [7, 11) is -1.16. The molecule has 0 unspecified atom stereocenters. The van der Waals surface area contributed by atoms with Crippen LogP contribution in [0.4, 0.5) is 5.69 Å². The van der Waals surface area contributed by atoms with Crippen molar-refractivity contribution in [3.05, 3.63) is 53.6 Å². The topological polar surface area (TPSA) is 102 Å². The molecule has 0 saturated heterocycles. The summed E-state index contributed by atoms with van der Waals surface area (Å²) in [5.74, 6) is -0.811. The third-order valence-electron chi connectivity index (χ3n) is 4.31. The lowest BCUT2D eigenvalue weighted by atomic mass is 10.1. The summed E-state index contributed by atoms with van der Waals surface area (Å²) in [6, 6.07) is 10.4. The SMILES string of the molecule is CCN(CC)S(=O)(=O)c1cc(C(=O)Nc2ccc(C(=O)OC)cc2)ccc1OC. The predicted molar refractivity (Wildman–Crippen MR) is 109 cm³/mol. The fraction of sp³-hybridized carbons (Fsp3) is 0.300. The van der Waals surface area contributed by atoms with Crippen LogP contribution in [0.15, 0.2) is 47.4 Å². The number of carbonyl (C=O) groups is 2. The molecule has 2 rings (SSSR count). The number of benzene rings is 2. The van der Waals surface area contributed by atoms with Gasteiger partial charge in [-0.1, -0.05) is 13.8 Å². The minimum Gasteiger partial charge on any atom is -0.495 e. The standard InChI is InChI=1S/C20H24N2O6S/c1-5-22(6-2)29(25,26)18-13-15(9-12-17(18)27-3)19(23)21-16-10-7-14(8-11-16)20(24)28-4/h7-13H,5-6H2,1-4H3,(H,21,23). The summed E-state index contributed by atoms with van der Waals surface area (Å²) < 4.78 is 36.9. The first-order chi connectivity index (χ1) is 13.8. The Kier molecular flexibility index (Phi) is 7.35. The maximum atomic E-state index is 12.9. The zero-order valence-electron chi connectivity index (χ0n) is 16.8. The number of amides is 1. The largest absolute Gasteiger partial charge is 0.495 e. The number of sulfonamides is 1.